The van der Waals surface area contributed by atoms with Crippen LogP contribution in [-0.4, -0.2) is 16.8 Å². The summed E-state index contributed by atoms with van der Waals surface area (Å²) in [6.45, 7) is 1.78. The summed E-state index contributed by atoms with van der Waals surface area (Å²) in [5, 5.41) is 3.54. The molecule has 1 atom stereocenters. The fourth-order valence-electron chi connectivity index (χ4n) is 2.35. The summed E-state index contributed by atoms with van der Waals surface area (Å²) in [4.78, 5) is 23.4. The number of rotatable bonds is 4. The highest BCUT2D eigenvalue weighted by Crippen LogP contribution is 2.24. The minimum Gasteiger partial charge on any atom is -0.449 e. The molecule has 5 nitrogen and oxygen atoms in total. The lowest BCUT2D eigenvalue weighted by Crippen LogP contribution is -2.22. The third-order valence-corrected chi connectivity index (χ3v) is 3.46. The molecule has 0 saturated heterocycles. The van der Waals surface area contributed by atoms with E-state index >= 15 is 0 Å². The van der Waals surface area contributed by atoms with Crippen molar-refractivity contribution < 1.29 is 14.0 Å². The molecule has 21 heavy (non-hydrogen) atoms. The molecule has 1 amide bonds. The van der Waals surface area contributed by atoms with Gasteiger partial charge < -0.3 is 8.98 Å². The molecular formula is C16H14N2O3. The number of aromatic nitrogens is 1. The molecule has 2 heterocycles. The van der Waals surface area contributed by atoms with Gasteiger partial charge in [-0.3, -0.25) is 14.9 Å². The molecule has 0 unspecified atom stereocenters. The van der Waals surface area contributed by atoms with E-state index < -0.39 is 6.04 Å². The van der Waals surface area contributed by atoms with Crippen LogP contribution >= 0.6 is 0 Å². The number of benzene rings is 1. The van der Waals surface area contributed by atoms with Crippen LogP contribution in [0.25, 0.3) is 10.9 Å². The number of anilines is 1. The summed E-state index contributed by atoms with van der Waals surface area (Å²) in [6.07, 6.45) is 4.00. The number of carbonyl (C=O) groups is 2. The number of nitrogens with zero attached hydrogens (tertiary/aromatic N) is 1. The second kappa shape index (κ2) is 5.28. The highest BCUT2D eigenvalue weighted by molar-refractivity contribution is 5.99. The Balaban J connectivity index is 1.96. The largest absolute Gasteiger partial charge is 0.449 e. The van der Waals surface area contributed by atoms with Gasteiger partial charge in [0.25, 0.3) is 0 Å². The van der Waals surface area contributed by atoms with Gasteiger partial charge in [-0.1, -0.05) is 18.2 Å². The van der Waals surface area contributed by atoms with E-state index in [1.807, 2.05) is 24.3 Å². The SMILES string of the molecule is C[C@H](C(=O)Nc1ccco1)n1cc(C=O)c2ccccc21. The average Bonchev–Trinajstić information content (AvgIpc) is 3.13. The molecule has 0 fully saturated rings. The fourth-order valence-corrected chi connectivity index (χ4v) is 2.35. The van der Waals surface area contributed by atoms with Crippen molar-refractivity contribution in [2.24, 2.45) is 0 Å². The van der Waals surface area contributed by atoms with Gasteiger partial charge in [-0.15, -0.1) is 0 Å². The summed E-state index contributed by atoms with van der Waals surface area (Å²) in [5.74, 6) is 0.196. The fraction of sp³-hybridized carbons (Fsp3) is 0.125. The lowest BCUT2D eigenvalue weighted by atomic mass is 10.2. The Bertz CT molecular complexity index is 787. The minimum absolute atomic E-state index is 0.205. The molecule has 5 heteroatoms. The van der Waals surface area contributed by atoms with Crippen molar-refractivity contribution in [1.29, 1.82) is 0 Å². The van der Waals surface area contributed by atoms with Crippen LogP contribution in [0.2, 0.25) is 0 Å². The smallest absolute Gasteiger partial charge is 0.249 e. The van der Waals surface area contributed by atoms with E-state index in [0.717, 1.165) is 17.2 Å². The molecule has 106 valence electrons. The van der Waals surface area contributed by atoms with E-state index in [2.05, 4.69) is 5.32 Å². The molecule has 0 spiro atoms. The van der Waals surface area contributed by atoms with Crippen LogP contribution in [0.5, 0.6) is 0 Å². The van der Waals surface area contributed by atoms with Gasteiger partial charge in [0.1, 0.15) is 6.04 Å². The van der Waals surface area contributed by atoms with Crippen LogP contribution in [0.1, 0.15) is 23.3 Å². The molecule has 1 aromatic carbocycles. The average molecular weight is 282 g/mol. The molecule has 0 aliphatic carbocycles. The van der Waals surface area contributed by atoms with Gasteiger partial charge >= 0.3 is 0 Å². The highest BCUT2D eigenvalue weighted by Gasteiger charge is 2.19. The summed E-state index contributed by atoms with van der Waals surface area (Å²) in [5.41, 5.74) is 1.42. The van der Waals surface area contributed by atoms with Crippen LogP contribution in [0.4, 0.5) is 5.88 Å². The molecule has 0 aliphatic rings. The van der Waals surface area contributed by atoms with Gasteiger partial charge in [-0.05, 0) is 19.1 Å². The van der Waals surface area contributed by atoms with E-state index in [9.17, 15) is 9.59 Å². The van der Waals surface area contributed by atoms with E-state index in [1.54, 1.807) is 29.8 Å². The lowest BCUT2D eigenvalue weighted by molar-refractivity contribution is -0.118. The van der Waals surface area contributed by atoms with Gasteiger partial charge in [0.2, 0.25) is 5.91 Å². The molecule has 0 aliphatic heterocycles. The second-order valence-corrected chi connectivity index (χ2v) is 4.77. The van der Waals surface area contributed by atoms with Gasteiger partial charge in [-0.25, -0.2) is 0 Å². The topological polar surface area (TPSA) is 64.2 Å². The Morgan fingerprint density at radius 1 is 1.29 bits per heavy atom. The van der Waals surface area contributed by atoms with Crippen molar-refractivity contribution in [3.8, 4) is 0 Å². The summed E-state index contributed by atoms with van der Waals surface area (Å²) in [6, 6.07) is 10.4. The molecule has 3 aromatic rings. The van der Waals surface area contributed by atoms with Crippen molar-refractivity contribution in [2.45, 2.75) is 13.0 Å². The first-order chi connectivity index (χ1) is 10.2. The molecule has 2 aromatic heterocycles. The van der Waals surface area contributed by atoms with Crippen LogP contribution in [-0.2, 0) is 4.79 Å². The van der Waals surface area contributed by atoms with Gasteiger partial charge in [0.15, 0.2) is 12.2 Å². The monoisotopic (exact) mass is 282 g/mol. The molecule has 0 radical (unpaired) electrons. The Morgan fingerprint density at radius 3 is 2.81 bits per heavy atom. The number of para-hydroxylation sites is 1. The van der Waals surface area contributed by atoms with E-state index in [0.29, 0.717) is 11.4 Å². The van der Waals surface area contributed by atoms with E-state index in [4.69, 9.17) is 4.42 Å². The number of nitrogens with one attached hydrogen (secondary N) is 1. The highest BCUT2D eigenvalue weighted by atomic mass is 16.3. The summed E-state index contributed by atoms with van der Waals surface area (Å²) in [7, 11) is 0. The molecule has 0 saturated carbocycles. The first-order valence-corrected chi connectivity index (χ1v) is 6.60. The zero-order valence-corrected chi connectivity index (χ0v) is 11.4. The van der Waals surface area contributed by atoms with E-state index in [-0.39, 0.29) is 5.91 Å². The maximum atomic E-state index is 12.3. The lowest BCUT2D eigenvalue weighted by Gasteiger charge is -2.14. The zero-order valence-electron chi connectivity index (χ0n) is 11.4. The first kappa shape index (κ1) is 13.2. The van der Waals surface area contributed by atoms with Crippen molar-refractivity contribution >= 4 is 29.0 Å². The van der Waals surface area contributed by atoms with Gasteiger partial charge in [0.05, 0.1) is 6.26 Å². The third-order valence-electron chi connectivity index (χ3n) is 3.46. The molecule has 1 N–H and O–H groups in total. The summed E-state index contributed by atoms with van der Waals surface area (Å²) >= 11 is 0. The van der Waals surface area contributed by atoms with Gasteiger partial charge in [0, 0.05) is 28.7 Å². The maximum absolute atomic E-state index is 12.3. The van der Waals surface area contributed by atoms with E-state index in [1.165, 1.54) is 6.26 Å². The summed E-state index contributed by atoms with van der Waals surface area (Å²) < 4.78 is 6.90. The maximum Gasteiger partial charge on any atom is 0.249 e. The predicted molar refractivity (Wildman–Crippen MR) is 79.4 cm³/mol. The van der Waals surface area contributed by atoms with Crippen LogP contribution < -0.4 is 5.32 Å². The number of furan rings is 1. The number of carbonyl (C=O) groups excluding carboxylic acids is 2. The third kappa shape index (κ3) is 2.33. The standard InChI is InChI=1S/C16H14N2O3/c1-11(16(20)17-15-7-4-8-21-15)18-9-12(10-19)13-5-2-3-6-14(13)18/h2-11H,1H3,(H,17,20)/t11-/m1/s1. The number of amides is 1. The zero-order chi connectivity index (χ0) is 14.8. The van der Waals surface area contributed by atoms with Crippen molar-refractivity contribution in [3.05, 3.63) is 54.4 Å². The Hall–Kier alpha value is -2.82. The van der Waals surface area contributed by atoms with Gasteiger partial charge in [-0.2, -0.15) is 0 Å². The van der Waals surface area contributed by atoms with Crippen molar-refractivity contribution in [2.75, 3.05) is 5.32 Å². The normalized spacial score (nSPS) is 12.2. The molecular weight excluding hydrogens is 268 g/mol. The molecule has 0 bridgehead atoms. The molecule has 3 rings (SSSR count). The van der Waals surface area contributed by atoms with Crippen LogP contribution in [0.15, 0.2) is 53.3 Å². The quantitative estimate of drug-likeness (QED) is 0.747. The van der Waals surface area contributed by atoms with Crippen molar-refractivity contribution in [1.82, 2.24) is 4.57 Å². The predicted octanol–water partition coefficient (Wildman–Crippen LogP) is 3.25. The van der Waals surface area contributed by atoms with Crippen molar-refractivity contribution in [3.63, 3.8) is 0 Å². The number of aldehydes is 1. The Labute approximate surface area is 121 Å². The first-order valence-electron chi connectivity index (χ1n) is 6.60. The van der Waals surface area contributed by atoms with Crippen LogP contribution in [0, 0.1) is 0 Å². The Morgan fingerprint density at radius 2 is 2.10 bits per heavy atom. The number of fused-ring (bicyclic) bond motifs is 1. The number of hydrogen-bond donors (Lipinski definition) is 1. The minimum atomic E-state index is -0.464. The second-order valence-electron chi connectivity index (χ2n) is 4.77. The van der Waals surface area contributed by atoms with Crippen LogP contribution in [0.3, 0.4) is 0 Å². The number of hydrogen-bond acceptors (Lipinski definition) is 3. The Kier molecular flexibility index (Phi) is 3.31.